The molecule has 0 aliphatic rings. The van der Waals surface area contributed by atoms with Crippen LogP contribution in [-0.2, 0) is 16.6 Å². The molecule has 1 aromatic carbocycles. The van der Waals surface area contributed by atoms with Crippen LogP contribution < -0.4 is 10.5 Å². The van der Waals surface area contributed by atoms with Gasteiger partial charge in [0, 0.05) is 17.8 Å². The lowest BCUT2D eigenvalue weighted by Crippen LogP contribution is -2.24. The van der Waals surface area contributed by atoms with Crippen molar-refractivity contribution in [2.24, 2.45) is 0 Å². The van der Waals surface area contributed by atoms with Crippen LogP contribution in [0.15, 0.2) is 47.5 Å². The van der Waals surface area contributed by atoms with Crippen LogP contribution in [0.25, 0.3) is 0 Å². The third kappa shape index (κ3) is 3.44. The summed E-state index contributed by atoms with van der Waals surface area (Å²) in [4.78, 5) is 3.72. The van der Waals surface area contributed by atoms with Gasteiger partial charge in [0.1, 0.15) is 10.7 Å². The van der Waals surface area contributed by atoms with Crippen LogP contribution in [0.2, 0.25) is 5.02 Å². The fraction of sp³-hybridized carbons (Fsp3) is 0.0833. The highest BCUT2D eigenvalue weighted by Gasteiger charge is 2.17. The number of sulfonamides is 1. The number of hydrogen-bond donors (Lipinski definition) is 2. The van der Waals surface area contributed by atoms with Crippen molar-refractivity contribution < 1.29 is 8.42 Å². The van der Waals surface area contributed by atoms with Crippen LogP contribution in [0.5, 0.6) is 0 Å². The van der Waals surface area contributed by atoms with Crippen LogP contribution in [0.4, 0.5) is 5.82 Å². The van der Waals surface area contributed by atoms with Crippen LogP contribution >= 0.6 is 11.6 Å². The van der Waals surface area contributed by atoms with E-state index in [4.69, 9.17) is 17.3 Å². The van der Waals surface area contributed by atoms with E-state index in [9.17, 15) is 8.42 Å². The minimum atomic E-state index is -3.68. The van der Waals surface area contributed by atoms with E-state index in [-0.39, 0.29) is 17.3 Å². The van der Waals surface area contributed by atoms with Crippen molar-refractivity contribution >= 4 is 27.4 Å². The zero-order valence-electron chi connectivity index (χ0n) is 9.88. The molecule has 0 bridgehead atoms. The molecule has 0 atom stereocenters. The molecule has 100 valence electrons. The van der Waals surface area contributed by atoms with Gasteiger partial charge >= 0.3 is 0 Å². The van der Waals surface area contributed by atoms with Gasteiger partial charge in [-0.05, 0) is 29.8 Å². The van der Waals surface area contributed by atoms with Crippen molar-refractivity contribution in [3.8, 4) is 0 Å². The molecule has 0 aliphatic heterocycles. The third-order valence-electron chi connectivity index (χ3n) is 2.44. The monoisotopic (exact) mass is 297 g/mol. The highest BCUT2D eigenvalue weighted by atomic mass is 35.5. The minimum absolute atomic E-state index is 0.0268. The maximum Gasteiger partial charge on any atom is 0.244 e. The first-order valence-corrected chi connectivity index (χ1v) is 7.30. The molecule has 7 heteroatoms. The minimum Gasteiger partial charge on any atom is -0.383 e. The van der Waals surface area contributed by atoms with Crippen molar-refractivity contribution in [2.75, 3.05) is 5.73 Å². The van der Waals surface area contributed by atoms with E-state index in [0.29, 0.717) is 5.02 Å². The molecule has 19 heavy (non-hydrogen) atoms. The van der Waals surface area contributed by atoms with E-state index in [1.54, 1.807) is 24.3 Å². The van der Waals surface area contributed by atoms with Gasteiger partial charge in [-0.2, -0.15) is 0 Å². The summed E-state index contributed by atoms with van der Waals surface area (Å²) in [6, 6.07) is 9.87. The summed E-state index contributed by atoms with van der Waals surface area (Å²) in [6.45, 7) is 0.136. The smallest absolute Gasteiger partial charge is 0.244 e. The maximum atomic E-state index is 12.0. The lowest BCUT2D eigenvalue weighted by molar-refractivity contribution is 0.581. The number of rotatable bonds is 4. The predicted molar refractivity (Wildman–Crippen MR) is 74.1 cm³/mol. The molecule has 0 spiro atoms. The Bertz CT molecular complexity index is 689. The number of halogens is 1. The third-order valence-corrected chi connectivity index (χ3v) is 4.13. The van der Waals surface area contributed by atoms with Gasteiger partial charge in [-0.25, -0.2) is 18.1 Å². The summed E-state index contributed by atoms with van der Waals surface area (Å²) >= 11 is 5.83. The van der Waals surface area contributed by atoms with Gasteiger partial charge in [-0.15, -0.1) is 0 Å². The van der Waals surface area contributed by atoms with Crippen LogP contribution in [0.3, 0.4) is 0 Å². The molecule has 0 amide bonds. The number of pyridine rings is 1. The number of anilines is 1. The molecule has 1 aromatic heterocycles. The highest BCUT2D eigenvalue weighted by molar-refractivity contribution is 7.89. The van der Waals surface area contributed by atoms with Crippen molar-refractivity contribution in [2.45, 2.75) is 11.4 Å². The molecule has 2 rings (SSSR count). The summed E-state index contributed by atoms with van der Waals surface area (Å²) in [5.41, 5.74) is 6.31. The van der Waals surface area contributed by atoms with Gasteiger partial charge in [-0.3, -0.25) is 0 Å². The molecule has 0 unspecified atom stereocenters. The summed E-state index contributed by atoms with van der Waals surface area (Å²) < 4.78 is 26.5. The van der Waals surface area contributed by atoms with Gasteiger partial charge in [0.2, 0.25) is 10.0 Å². The Hall–Kier alpha value is -1.63. The Morgan fingerprint density at radius 1 is 1.26 bits per heavy atom. The van der Waals surface area contributed by atoms with E-state index >= 15 is 0 Å². The number of nitrogens with one attached hydrogen (secondary N) is 1. The first-order chi connectivity index (χ1) is 8.99. The molecular formula is C12H12ClN3O2S. The Labute approximate surface area is 116 Å². The van der Waals surface area contributed by atoms with Gasteiger partial charge < -0.3 is 5.73 Å². The number of benzene rings is 1. The molecule has 3 N–H and O–H groups in total. The second-order valence-electron chi connectivity index (χ2n) is 3.84. The standard InChI is InChI=1S/C12H12ClN3O2S/c13-10-4-1-3-9(7-10)8-16-19(17,18)11-5-2-6-15-12(11)14/h1-7,16H,8H2,(H2,14,15). The first-order valence-electron chi connectivity index (χ1n) is 5.43. The zero-order chi connectivity index (χ0) is 13.9. The first kappa shape index (κ1) is 13.8. The molecule has 0 saturated heterocycles. The van der Waals surface area contributed by atoms with Crippen molar-refractivity contribution in [1.82, 2.24) is 9.71 Å². The second kappa shape index (κ2) is 5.56. The number of hydrogen-bond acceptors (Lipinski definition) is 4. The molecule has 0 fully saturated rings. The van der Waals surface area contributed by atoms with Gasteiger partial charge in [0.05, 0.1) is 0 Å². The Morgan fingerprint density at radius 2 is 2.05 bits per heavy atom. The van der Waals surface area contributed by atoms with Gasteiger partial charge in [0.25, 0.3) is 0 Å². The number of aromatic nitrogens is 1. The predicted octanol–water partition coefficient (Wildman–Crippen LogP) is 1.80. The second-order valence-corrected chi connectivity index (χ2v) is 6.01. The zero-order valence-corrected chi connectivity index (χ0v) is 11.4. The number of nitrogens with two attached hydrogens (primary N) is 1. The fourth-order valence-corrected chi connectivity index (χ4v) is 2.84. The topological polar surface area (TPSA) is 85.1 Å². The molecule has 0 saturated carbocycles. The quantitative estimate of drug-likeness (QED) is 0.901. The molecular weight excluding hydrogens is 286 g/mol. The SMILES string of the molecule is Nc1ncccc1S(=O)(=O)NCc1cccc(Cl)c1. The van der Waals surface area contributed by atoms with Gasteiger partial charge in [0.15, 0.2) is 0 Å². The van der Waals surface area contributed by atoms with E-state index in [0.717, 1.165) is 5.56 Å². The lowest BCUT2D eigenvalue weighted by Gasteiger charge is -2.08. The largest absolute Gasteiger partial charge is 0.383 e. The molecule has 5 nitrogen and oxygen atoms in total. The Morgan fingerprint density at radius 3 is 2.74 bits per heavy atom. The van der Waals surface area contributed by atoms with E-state index in [1.165, 1.54) is 18.3 Å². The fourth-order valence-electron chi connectivity index (χ4n) is 1.53. The average Bonchev–Trinajstić information content (AvgIpc) is 2.37. The highest BCUT2D eigenvalue weighted by Crippen LogP contribution is 2.15. The molecule has 0 aliphatic carbocycles. The number of nitrogens with zero attached hydrogens (tertiary/aromatic N) is 1. The van der Waals surface area contributed by atoms with Crippen molar-refractivity contribution in [3.63, 3.8) is 0 Å². The van der Waals surface area contributed by atoms with Crippen LogP contribution in [0, 0.1) is 0 Å². The lowest BCUT2D eigenvalue weighted by atomic mass is 10.2. The van der Waals surface area contributed by atoms with E-state index < -0.39 is 10.0 Å². The summed E-state index contributed by atoms with van der Waals surface area (Å²) in [5.74, 6) is -0.0268. The number of nitrogen functional groups attached to an aromatic ring is 1. The normalized spacial score (nSPS) is 11.4. The molecule has 1 heterocycles. The van der Waals surface area contributed by atoms with Crippen molar-refractivity contribution in [1.29, 1.82) is 0 Å². The van der Waals surface area contributed by atoms with Crippen LogP contribution in [-0.4, -0.2) is 13.4 Å². The van der Waals surface area contributed by atoms with Gasteiger partial charge in [-0.1, -0.05) is 23.7 Å². The van der Waals surface area contributed by atoms with Crippen LogP contribution in [0.1, 0.15) is 5.56 Å². The van der Waals surface area contributed by atoms with E-state index in [2.05, 4.69) is 9.71 Å². The molecule has 2 aromatic rings. The summed E-state index contributed by atoms with van der Waals surface area (Å²) in [6.07, 6.45) is 1.44. The summed E-state index contributed by atoms with van der Waals surface area (Å²) in [7, 11) is -3.68. The summed E-state index contributed by atoms with van der Waals surface area (Å²) in [5, 5.41) is 0.553. The average molecular weight is 298 g/mol. The van der Waals surface area contributed by atoms with E-state index in [1.807, 2.05) is 0 Å². The Balaban J connectivity index is 2.17. The van der Waals surface area contributed by atoms with Crippen molar-refractivity contribution in [3.05, 3.63) is 53.2 Å². The maximum absolute atomic E-state index is 12.0. The Kier molecular flexibility index (Phi) is 4.04. The molecule has 0 radical (unpaired) electrons.